The summed E-state index contributed by atoms with van der Waals surface area (Å²) >= 11 is 0. The van der Waals surface area contributed by atoms with Crippen molar-refractivity contribution >= 4 is 11.6 Å². The molecule has 0 bridgehead atoms. The molecule has 104 valence electrons. The highest BCUT2D eigenvalue weighted by Crippen LogP contribution is 2.27. The number of pyridine rings is 1. The summed E-state index contributed by atoms with van der Waals surface area (Å²) in [6.07, 6.45) is 0. The minimum absolute atomic E-state index is 0.274. The van der Waals surface area contributed by atoms with Crippen LogP contribution in [0.5, 0.6) is 17.5 Å². The van der Waals surface area contributed by atoms with Crippen LogP contribution in [0.1, 0.15) is 17.3 Å². The Morgan fingerprint density at radius 2 is 2.00 bits per heavy atom. The molecule has 1 aromatic carbocycles. The molecule has 0 saturated carbocycles. The second kappa shape index (κ2) is 5.92. The van der Waals surface area contributed by atoms with Gasteiger partial charge in [-0.15, -0.1) is 0 Å². The lowest BCUT2D eigenvalue weighted by molar-refractivity contribution is 0.0998. The van der Waals surface area contributed by atoms with Crippen molar-refractivity contribution in [3.63, 3.8) is 0 Å². The Hall–Kier alpha value is -2.76. The average Bonchev–Trinajstić information content (AvgIpc) is 2.43. The third kappa shape index (κ3) is 2.97. The minimum Gasteiger partial charge on any atom is -0.476 e. The Morgan fingerprint density at radius 3 is 2.70 bits per heavy atom. The lowest BCUT2D eigenvalue weighted by Gasteiger charge is -2.10. The molecule has 0 atom stereocenters. The Morgan fingerprint density at radius 1 is 1.25 bits per heavy atom. The summed E-state index contributed by atoms with van der Waals surface area (Å²) in [5, 5.41) is 0. The Bertz CT molecular complexity index is 629. The van der Waals surface area contributed by atoms with E-state index in [0.717, 1.165) is 0 Å². The Labute approximate surface area is 116 Å². The van der Waals surface area contributed by atoms with Crippen LogP contribution in [0, 0.1) is 0 Å². The highest BCUT2D eigenvalue weighted by atomic mass is 16.5. The highest BCUT2D eigenvalue weighted by molar-refractivity contribution is 5.95. The van der Waals surface area contributed by atoms with Crippen molar-refractivity contribution in [2.45, 2.75) is 6.92 Å². The second-order valence-corrected chi connectivity index (χ2v) is 3.94. The molecule has 0 radical (unpaired) electrons. The van der Waals surface area contributed by atoms with Gasteiger partial charge in [0.2, 0.25) is 11.8 Å². The molecule has 6 heteroatoms. The predicted octanol–water partition coefficient (Wildman–Crippen LogP) is 1.95. The number of nitrogens with two attached hydrogens (primary N) is 2. The first-order chi connectivity index (χ1) is 9.61. The number of aromatic nitrogens is 1. The lowest BCUT2D eigenvalue weighted by Crippen LogP contribution is -2.12. The maximum Gasteiger partial charge on any atom is 0.252 e. The molecule has 2 aromatic rings. The molecule has 0 aliphatic heterocycles. The fourth-order valence-electron chi connectivity index (χ4n) is 1.62. The first-order valence-corrected chi connectivity index (χ1v) is 6.07. The molecule has 0 aliphatic carbocycles. The number of nitrogens with zero attached hydrogens (tertiary/aromatic N) is 1. The molecule has 1 aromatic heterocycles. The molecule has 1 heterocycles. The number of benzene rings is 1. The largest absolute Gasteiger partial charge is 0.476 e. The van der Waals surface area contributed by atoms with Crippen molar-refractivity contribution in [3.8, 4) is 17.5 Å². The molecule has 0 spiro atoms. The van der Waals surface area contributed by atoms with Crippen LogP contribution < -0.4 is 20.9 Å². The molecule has 0 fully saturated rings. The van der Waals surface area contributed by atoms with E-state index in [4.69, 9.17) is 20.9 Å². The summed E-state index contributed by atoms with van der Waals surface area (Å²) in [4.78, 5) is 15.4. The highest BCUT2D eigenvalue weighted by Gasteiger charge is 2.11. The lowest BCUT2D eigenvalue weighted by atomic mass is 10.2. The number of primary amides is 1. The number of carbonyl (C=O) groups excluding carboxylic acids is 1. The van der Waals surface area contributed by atoms with Crippen LogP contribution in [0.4, 0.5) is 5.69 Å². The van der Waals surface area contributed by atoms with E-state index in [-0.39, 0.29) is 11.4 Å². The van der Waals surface area contributed by atoms with Crippen LogP contribution in [-0.2, 0) is 0 Å². The van der Waals surface area contributed by atoms with Crippen molar-refractivity contribution in [2.24, 2.45) is 5.73 Å². The standard InChI is InChI=1S/C14H15N3O3/c1-2-19-14-10(15)7-8-12(17-14)20-11-6-4-3-5-9(11)13(16)18/h3-8H,2,15H2,1H3,(H2,16,18). The fraction of sp³-hybridized carbons (Fsp3) is 0.143. The minimum atomic E-state index is -0.568. The second-order valence-electron chi connectivity index (χ2n) is 3.94. The zero-order valence-electron chi connectivity index (χ0n) is 11.0. The zero-order valence-corrected chi connectivity index (χ0v) is 11.0. The Kier molecular flexibility index (Phi) is 4.05. The number of anilines is 1. The summed E-state index contributed by atoms with van der Waals surface area (Å²) in [7, 11) is 0. The molecule has 4 N–H and O–H groups in total. The summed E-state index contributed by atoms with van der Waals surface area (Å²) < 4.78 is 10.9. The van der Waals surface area contributed by atoms with Crippen LogP contribution in [0.2, 0.25) is 0 Å². The SMILES string of the molecule is CCOc1nc(Oc2ccccc2C(N)=O)ccc1N. The van der Waals surface area contributed by atoms with Gasteiger partial charge in [0.25, 0.3) is 5.91 Å². The number of amides is 1. The van der Waals surface area contributed by atoms with E-state index in [0.29, 0.717) is 23.9 Å². The van der Waals surface area contributed by atoms with Crippen molar-refractivity contribution in [2.75, 3.05) is 12.3 Å². The van der Waals surface area contributed by atoms with Crippen LogP contribution in [-0.4, -0.2) is 17.5 Å². The van der Waals surface area contributed by atoms with Gasteiger partial charge in [-0.1, -0.05) is 12.1 Å². The van der Waals surface area contributed by atoms with Crippen LogP contribution in [0.15, 0.2) is 36.4 Å². The number of para-hydroxylation sites is 1. The molecule has 2 rings (SSSR count). The van der Waals surface area contributed by atoms with E-state index in [1.54, 1.807) is 36.4 Å². The Balaban J connectivity index is 2.31. The van der Waals surface area contributed by atoms with Gasteiger partial charge in [0.05, 0.1) is 17.9 Å². The van der Waals surface area contributed by atoms with E-state index >= 15 is 0 Å². The number of ether oxygens (including phenoxy) is 2. The maximum absolute atomic E-state index is 11.3. The first kappa shape index (κ1) is 13.7. The van der Waals surface area contributed by atoms with Crippen molar-refractivity contribution in [1.82, 2.24) is 4.98 Å². The van der Waals surface area contributed by atoms with Crippen LogP contribution in [0.3, 0.4) is 0 Å². The number of rotatable bonds is 5. The van der Waals surface area contributed by atoms with Gasteiger partial charge < -0.3 is 20.9 Å². The number of hydrogen-bond donors (Lipinski definition) is 2. The van der Waals surface area contributed by atoms with Gasteiger partial charge in [-0.3, -0.25) is 4.79 Å². The van der Waals surface area contributed by atoms with Gasteiger partial charge in [-0.05, 0) is 25.1 Å². The van der Waals surface area contributed by atoms with E-state index < -0.39 is 5.91 Å². The van der Waals surface area contributed by atoms with Gasteiger partial charge in [0.1, 0.15) is 5.75 Å². The molecule has 0 unspecified atom stereocenters. The third-order valence-electron chi connectivity index (χ3n) is 2.51. The van der Waals surface area contributed by atoms with E-state index in [1.807, 2.05) is 6.92 Å². The van der Waals surface area contributed by atoms with Crippen molar-refractivity contribution < 1.29 is 14.3 Å². The molecule has 1 amide bonds. The van der Waals surface area contributed by atoms with Gasteiger partial charge in [0.15, 0.2) is 0 Å². The molecule has 0 aliphatic rings. The van der Waals surface area contributed by atoms with Gasteiger partial charge >= 0.3 is 0 Å². The number of carbonyl (C=O) groups is 1. The molecule has 0 saturated heterocycles. The zero-order chi connectivity index (χ0) is 14.5. The molecular formula is C14H15N3O3. The summed E-state index contributed by atoms with van der Waals surface area (Å²) in [5.74, 6) is 0.332. The third-order valence-corrected chi connectivity index (χ3v) is 2.51. The quantitative estimate of drug-likeness (QED) is 0.867. The monoisotopic (exact) mass is 273 g/mol. The number of hydrogen-bond acceptors (Lipinski definition) is 5. The van der Waals surface area contributed by atoms with E-state index in [9.17, 15) is 4.79 Å². The first-order valence-electron chi connectivity index (χ1n) is 6.07. The van der Waals surface area contributed by atoms with Crippen LogP contribution in [0.25, 0.3) is 0 Å². The molecular weight excluding hydrogens is 258 g/mol. The molecule has 6 nitrogen and oxygen atoms in total. The van der Waals surface area contributed by atoms with E-state index in [1.165, 1.54) is 0 Å². The van der Waals surface area contributed by atoms with E-state index in [2.05, 4.69) is 4.98 Å². The fourth-order valence-corrected chi connectivity index (χ4v) is 1.62. The van der Waals surface area contributed by atoms with Gasteiger partial charge in [-0.2, -0.15) is 4.98 Å². The van der Waals surface area contributed by atoms with Crippen molar-refractivity contribution in [1.29, 1.82) is 0 Å². The summed E-state index contributed by atoms with van der Waals surface area (Å²) in [6.45, 7) is 2.27. The molecule has 20 heavy (non-hydrogen) atoms. The topological polar surface area (TPSA) is 100 Å². The summed E-state index contributed by atoms with van der Waals surface area (Å²) in [5.41, 5.74) is 11.7. The average molecular weight is 273 g/mol. The van der Waals surface area contributed by atoms with Crippen LogP contribution >= 0.6 is 0 Å². The van der Waals surface area contributed by atoms with Gasteiger partial charge in [0, 0.05) is 6.07 Å². The van der Waals surface area contributed by atoms with Gasteiger partial charge in [-0.25, -0.2) is 0 Å². The normalized spacial score (nSPS) is 10.1. The van der Waals surface area contributed by atoms with Crippen molar-refractivity contribution in [3.05, 3.63) is 42.0 Å². The maximum atomic E-state index is 11.3. The number of nitrogen functional groups attached to an aromatic ring is 1. The smallest absolute Gasteiger partial charge is 0.252 e. The summed E-state index contributed by atoms with van der Waals surface area (Å²) in [6, 6.07) is 9.88. The predicted molar refractivity (Wildman–Crippen MR) is 74.9 cm³/mol.